The fourth-order valence-electron chi connectivity index (χ4n) is 2.36. The van der Waals surface area contributed by atoms with Crippen molar-refractivity contribution in [3.63, 3.8) is 0 Å². The van der Waals surface area contributed by atoms with Crippen molar-refractivity contribution in [2.45, 2.75) is 0 Å². The van der Waals surface area contributed by atoms with E-state index in [-0.39, 0.29) is 0 Å². The summed E-state index contributed by atoms with van der Waals surface area (Å²) in [4.78, 5) is 11.8. The first-order valence-corrected chi connectivity index (χ1v) is 6.48. The van der Waals surface area contributed by atoms with E-state index < -0.39 is 5.63 Å². The number of para-hydroxylation sites is 1. The molecule has 21 heavy (non-hydrogen) atoms. The van der Waals surface area contributed by atoms with Gasteiger partial charge in [-0.15, -0.1) is 0 Å². The number of benzene rings is 2. The van der Waals surface area contributed by atoms with Gasteiger partial charge in [0.1, 0.15) is 17.1 Å². The van der Waals surface area contributed by atoms with Crippen molar-refractivity contribution in [3.8, 4) is 22.6 Å². The Bertz CT molecular complexity index is 849. The minimum Gasteiger partial charge on any atom is -0.497 e. The molecule has 0 saturated heterocycles. The van der Waals surface area contributed by atoms with Crippen LogP contribution in [0, 0.1) is 0 Å². The normalized spacial score (nSPS) is 10.6. The summed E-state index contributed by atoms with van der Waals surface area (Å²) in [6, 6.07) is 14.4. The van der Waals surface area contributed by atoms with Gasteiger partial charge in [-0.1, -0.05) is 18.2 Å². The molecular weight excluding hydrogens is 268 g/mol. The molecular formula is C17H14O4. The van der Waals surface area contributed by atoms with Gasteiger partial charge in [0, 0.05) is 22.6 Å². The van der Waals surface area contributed by atoms with Gasteiger partial charge in [-0.25, -0.2) is 4.79 Å². The zero-order chi connectivity index (χ0) is 14.8. The Labute approximate surface area is 121 Å². The monoisotopic (exact) mass is 282 g/mol. The van der Waals surface area contributed by atoms with Crippen molar-refractivity contribution in [2.24, 2.45) is 0 Å². The molecule has 0 spiro atoms. The molecule has 0 saturated carbocycles. The molecule has 2 aromatic carbocycles. The van der Waals surface area contributed by atoms with Crippen molar-refractivity contribution in [2.75, 3.05) is 14.2 Å². The Kier molecular flexibility index (Phi) is 3.36. The smallest absolute Gasteiger partial charge is 0.336 e. The third-order valence-corrected chi connectivity index (χ3v) is 3.35. The first-order chi connectivity index (χ1) is 10.2. The summed E-state index contributed by atoms with van der Waals surface area (Å²) in [7, 11) is 3.20. The Hall–Kier alpha value is -2.75. The summed E-state index contributed by atoms with van der Waals surface area (Å²) >= 11 is 0. The van der Waals surface area contributed by atoms with Crippen LogP contribution in [-0.2, 0) is 0 Å². The molecule has 0 atom stereocenters. The Morgan fingerprint density at radius 3 is 2.48 bits per heavy atom. The maximum Gasteiger partial charge on any atom is 0.336 e. The van der Waals surface area contributed by atoms with Crippen molar-refractivity contribution in [3.05, 3.63) is 59.0 Å². The lowest BCUT2D eigenvalue weighted by Gasteiger charge is -2.12. The highest BCUT2D eigenvalue weighted by Crippen LogP contribution is 2.36. The number of hydrogen-bond acceptors (Lipinski definition) is 4. The molecule has 3 rings (SSSR count). The minimum atomic E-state index is -0.395. The number of methoxy groups -OCH3 is 2. The lowest BCUT2D eigenvalue weighted by molar-refractivity contribution is 0.404. The molecule has 0 amide bonds. The number of fused-ring (bicyclic) bond motifs is 1. The largest absolute Gasteiger partial charge is 0.497 e. The molecule has 4 heteroatoms. The van der Waals surface area contributed by atoms with Crippen molar-refractivity contribution >= 4 is 11.0 Å². The minimum absolute atomic E-state index is 0.395. The Morgan fingerprint density at radius 1 is 0.905 bits per heavy atom. The number of rotatable bonds is 3. The highest BCUT2D eigenvalue weighted by atomic mass is 16.5. The molecule has 1 aromatic heterocycles. The molecule has 3 aromatic rings. The Morgan fingerprint density at radius 2 is 1.71 bits per heavy atom. The summed E-state index contributed by atoms with van der Waals surface area (Å²) in [6.45, 7) is 0. The van der Waals surface area contributed by atoms with Gasteiger partial charge in [-0.2, -0.15) is 0 Å². The van der Waals surface area contributed by atoms with Gasteiger partial charge in [-0.05, 0) is 24.3 Å². The van der Waals surface area contributed by atoms with Gasteiger partial charge in [0.25, 0.3) is 0 Å². The van der Waals surface area contributed by atoms with E-state index in [1.54, 1.807) is 20.3 Å². The number of ether oxygens (including phenoxy) is 2. The molecule has 0 aliphatic rings. The van der Waals surface area contributed by atoms with Crippen LogP contribution in [0.2, 0.25) is 0 Å². The van der Waals surface area contributed by atoms with Crippen molar-refractivity contribution < 1.29 is 13.9 Å². The average Bonchev–Trinajstić information content (AvgIpc) is 2.53. The summed E-state index contributed by atoms with van der Waals surface area (Å²) in [6.07, 6.45) is 0. The van der Waals surface area contributed by atoms with Gasteiger partial charge < -0.3 is 13.9 Å². The van der Waals surface area contributed by atoms with Crippen LogP contribution in [0.5, 0.6) is 11.5 Å². The second-order valence-electron chi connectivity index (χ2n) is 4.54. The molecule has 0 radical (unpaired) electrons. The van der Waals surface area contributed by atoms with Gasteiger partial charge in [0.2, 0.25) is 0 Å². The lowest BCUT2D eigenvalue weighted by atomic mass is 10.0. The molecule has 4 nitrogen and oxygen atoms in total. The second-order valence-corrected chi connectivity index (χ2v) is 4.54. The van der Waals surface area contributed by atoms with Gasteiger partial charge in [-0.3, -0.25) is 0 Å². The zero-order valence-corrected chi connectivity index (χ0v) is 11.8. The zero-order valence-electron chi connectivity index (χ0n) is 11.8. The second kappa shape index (κ2) is 5.32. The molecule has 0 bridgehead atoms. The van der Waals surface area contributed by atoms with Gasteiger partial charge in [0.15, 0.2) is 0 Å². The molecule has 106 valence electrons. The third-order valence-electron chi connectivity index (χ3n) is 3.35. The maximum atomic E-state index is 11.8. The fraction of sp³-hybridized carbons (Fsp3) is 0.118. The van der Waals surface area contributed by atoms with Crippen LogP contribution in [-0.4, -0.2) is 14.2 Å². The molecule has 1 heterocycles. The summed E-state index contributed by atoms with van der Waals surface area (Å²) in [5, 5.41) is 0.851. The molecule has 0 aliphatic carbocycles. The molecule has 0 aliphatic heterocycles. The van der Waals surface area contributed by atoms with E-state index in [2.05, 4.69) is 0 Å². The first-order valence-electron chi connectivity index (χ1n) is 6.48. The quantitative estimate of drug-likeness (QED) is 0.690. The van der Waals surface area contributed by atoms with Crippen LogP contribution in [0.4, 0.5) is 0 Å². The van der Waals surface area contributed by atoms with Crippen LogP contribution in [0.1, 0.15) is 0 Å². The molecule has 0 fully saturated rings. The van der Waals surface area contributed by atoms with E-state index in [4.69, 9.17) is 13.9 Å². The van der Waals surface area contributed by atoms with Crippen molar-refractivity contribution in [1.29, 1.82) is 0 Å². The summed E-state index contributed by atoms with van der Waals surface area (Å²) < 4.78 is 15.9. The average molecular weight is 282 g/mol. The van der Waals surface area contributed by atoms with Crippen LogP contribution in [0.25, 0.3) is 22.1 Å². The standard InChI is InChI=1S/C17H14O4/c1-19-11-7-8-15(20-2)14(9-11)13-10-17(18)21-16-6-4-3-5-12(13)16/h3-10H,1-2H3. The lowest BCUT2D eigenvalue weighted by Crippen LogP contribution is -1.99. The highest BCUT2D eigenvalue weighted by Gasteiger charge is 2.13. The maximum absolute atomic E-state index is 11.8. The number of hydrogen-bond donors (Lipinski definition) is 0. The van der Waals surface area contributed by atoms with Crippen LogP contribution in [0.3, 0.4) is 0 Å². The first kappa shape index (κ1) is 13.2. The predicted octanol–water partition coefficient (Wildman–Crippen LogP) is 3.48. The van der Waals surface area contributed by atoms with Gasteiger partial charge in [0.05, 0.1) is 14.2 Å². The van der Waals surface area contributed by atoms with E-state index in [1.807, 2.05) is 36.4 Å². The van der Waals surface area contributed by atoms with E-state index in [0.29, 0.717) is 17.1 Å². The van der Waals surface area contributed by atoms with E-state index in [0.717, 1.165) is 16.5 Å². The summed E-state index contributed by atoms with van der Waals surface area (Å²) in [5.41, 5.74) is 1.71. The van der Waals surface area contributed by atoms with Gasteiger partial charge >= 0.3 is 5.63 Å². The van der Waals surface area contributed by atoms with E-state index >= 15 is 0 Å². The SMILES string of the molecule is COc1ccc(OC)c(-c2cc(=O)oc3ccccc23)c1. The van der Waals surface area contributed by atoms with Crippen molar-refractivity contribution in [1.82, 2.24) is 0 Å². The van der Waals surface area contributed by atoms with E-state index in [1.165, 1.54) is 6.07 Å². The molecule has 0 N–H and O–H groups in total. The topological polar surface area (TPSA) is 48.7 Å². The van der Waals surface area contributed by atoms with Crippen LogP contribution < -0.4 is 15.1 Å². The predicted molar refractivity (Wildman–Crippen MR) is 81.0 cm³/mol. The van der Waals surface area contributed by atoms with E-state index in [9.17, 15) is 4.79 Å². The van der Waals surface area contributed by atoms with Crippen LogP contribution in [0.15, 0.2) is 57.7 Å². The summed E-state index contributed by atoms with van der Waals surface area (Å²) in [5.74, 6) is 1.37. The fourth-order valence-corrected chi connectivity index (χ4v) is 2.36. The van der Waals surface area contributed by atoms with Crippen LogP contribution >= 0.6 is 0 Å². The Balaban J connectivity index is 2.37. The highest BCUT2D eigenvalue weighted by molar-refractivity contribution is 5.95. The molecule has 0 unspecified atom stereocenters. The third kappa shape index (κ3) is 2.36.